The average molecular weight is 350 g/mol. The van der Waals surface area contributed by atoms with Crippen molar-refractivity contribution in [3.05, 3.63) is 28.8 Å². The fraction of sp³-hybridized carbons (Fsp3) is 0.471. The number of amides is 1. The molecule has 0 radical (unpaired) electrons. The van der Waals surface area contributed by atoms with Gasteiger partial charge in [0.15, 0.2) is 0 Å². The van der Waals surface area contributed by atoms with Gasteiger partial charge in [0.25, 0.3) is 0 Å². The van der Waals surface area contributed by atoms with Crippen molar-refractivity contribution in [3.63, 3.8) is 0 Å². The number of nitrogens with zero attached hydrogens (tertiary/aromatic N) is 2. The number of rotatable bonds is 5. The highest BCUT2D eigenvalue weighted by Gasteiger charge is 2.27. The summed E-state index contributed by atoms with van der Waals surface area (Å²) in [6.07, 6.45) is 1.63. The predicted molar refractivity (Wildman–Crippen MR) is 90.6 cm³/mol. The van der Waals surface area contributed by atoms with E-state index in [9.17, 15) is 9.59 Å². The van der Waals surface area contributed by atoms with E-state index in [0.29, 0.717) is 29.4 Å². The Morgan fingerprint density at radius 2 is 2.29 bits per heavy atom. The molecule has 1 N–H and O–H groups in total. The first-order valence-electron chi connectivity index (χ1n) is 7.92. The van der Waals surface area contributed by atoms with Crippen molar-refractivity contribution in [2.24, 2.45) is 5.92 Å². The normalized spacial score (nSPS) is 17.8. The van der Waals surface area contributed by atoms with Crippen molar-refractivity contribution in [3.8, 4) is 6.07 Å². The SMILES string of the molecule is CCOC(=O)[C@H]1CCCN(CC(=O)Nc2cc(Cl)ccc2C#N)C1. The van der Waals surface area contributed by atoms with E-state index in [4.69, 9.17) is 21.6 Å². The summed E-state index contributed by atoms with van der Waals surface area (Å²) in [6, 6.07) is 6.74. The second-order valence-electron chi connectivity index (χ2n) is 5.68. The van der Waals surface area contributed by atoms with Crippen LogP contribution in [0.3, 0.4) is 0 Å². The predicted octanol–water partition coefficient (Wildman–Crippen LogP) is 2.43. The number of hydrogen-bond acceptors (Lipinski definition) is 5. The first-order valence-corrected chi connectivity index (χ1v) is 8.29. The lowest BCUT2D eigenvalue weighted by Gasteiger charge is -2.30. The van der Waals surface area contributed by atoms with Gasteiger partial charge in [0.1, 0.15) is 6.07 Å². The average Bonchev–Trinajstić information content (AvgIpc) is 2.55. The maximum atomic E-state index is 12.2. The van der Waals surface area contributed by atoms with Gasteiger partial charge in [-0.3, -0.25) is 14.5 Å². The summed E-state index contributed by atoms with van der Waals surface area (Å²) in [5, 5.41) is 12.2. The molecule has 24 heavy (non-hydrogen) atoms. The van der Waals surface area contributed by atoms with E-state index in [-0.39, 0.29) is 24.3 Å². The third-order valence-electron chi connectivity index (χ3n) is 3.87. The maximum Gasteiger partial charge on any atom is 0.310 e. The largest absolute Gasteiger partial charge is 0.466 e. The number of nitrogens with one attached hydrogen (secondary N) is 1. The molecule has 6 nitrogen and oxygen atoms in total. The van der Waals surface area contributed by atoms with Crippen LogP contribution >= 0.6 is 11.6 Å². The molecule has 0 saturated carbocycles. The van der Waals surface area contributed by atoms with Crippen molar-refractivity contribution in [1.82, 2.24) is 4.90 Å². The Kier molecular flexibility index (Phi) is 6.59. The number of piperidine rings is 1. The number of ether oxygens (including phenoxy) is 1. The van der Waals surface area contributed by atoms with Gasteiger partial charge < -0.3 is 10.1 Å². The maximum absolute atomic E-state index is 12.2. The Bertz CT molecular complexity index is 657. The Morgan fingerprint density at radius 3 is 3.00 bits per heavy atom. The molecule has 0 aliphatic carbocycles. The first-order chi connectivity index (χ1) is 11.5. The number of carbonyl (C=O) groups excluding carboxylic acids is 2. The lowest BCUT2D eigenvalue weighted by Crippen LogP contribution is -2.43. The monoisotopic (exact) mass is 349 g/mol. The van der Waals surface area contributed by atoms with Crippen LogP contribution in [0.4, 0.5) is 5.69 Å². The summed E-state index contributed by atoms with van der Waals surface area (Å²) >= 11 is 5.91. The zero-order valence-corrected chi connectivity index (χ0v) is 14.3. The van der Waals surface area contributed by atoms with Gasteiger partial charge in [-0.2, -0.15) is 5.26 Å². The third kappa shape index (κ3) is 4.95. The van der Waals surface area contributed by atoms with E-state index in [1.165, 1.54) is 0 Å². The fourth-order valence-electron chi connectivity index (χ4n) is 2.76. The van der Waals surface area contributed by atoms with Crippen LogP contribution in [0.1, 0.15) is 25.3 Å². The molecular formula is C17H20ClN3O3. The van der Waals surface area contributed by atoms with E-state index in [2.05, 4.69) is 5.32 Å². The zero-order valence-electron chi connectivity index (χ0n) is 13.5. The summed E-state index contributed by atoms with van der Waals surface area (Å²) in [5.74, 6) is -0.630. The minimum absolute atomic E-state index is 0.160. The molecule has 0 unspecified atom stereocenters. The molecule has 1 saturated heterocycles. The Morgan fingerprint density at radius 1 is 1.50 bits per heavy atom. The molecule has 7 heteroatoms. The van der Waals surface area contributed by atoms with E-state index < -0.39 is 0 Å². The minimum Gasteiger partial charge on any atom is -0.466 e. The van der Waals surface area contributed by atoms with Crippen molar-refractivity contribution >= 4 is 29.2 Å². The molecule has 1 atom stereocenters. The smallest absolute Gasteiger partial charge is 0.310 e. The molecule has 0 aromatic heterocycles. The molecule has 1 aliphatic heterocycles. The molecule has 1 aromatic rings. The molecule has 1 fully saturated rings. The second kappa shape index (κ2) is 8.67. The van der Waals surface area contributed by atoms with E-state index in [0.717, 1.165) is 19.4 Å². The summed E-state index contributed by atoms with van der Waals surface area (Å²) < 4.78 is 5.06. The standard InChI is InChI=1S/C17H20ClN3O3/c1-2-24-17(23)13-4-3-7-21(10-13)11-16(22)20-15-8-14(18)6-5-12(15)9-19/h5-6,8,13H,2-4,7,10-11H2,1H3,(H,20,22)/t13-/m0/s1. The van der Waals surface area contributed by atoms with Crippen LogP contribution in [0.15, 0.2) is 18.2 Å². The van der Waals surface area contributed by atoms with Crippen molar-refractivity contribution in [1.29, 1.82) is 5.26 Å². The summed E-state index contributed by atoms with van der Waals surface area (Å²) in [7, 11) is 0. The van der Waals surface area contributed by atoms with E-state index in [1.807, 2.05) is 11.0 Å². The summed E-state index contributed by atoms with van der Waals surface area (Å²) in [6.45, 7) is 3.56. The van der Waals surface area contributed by atoms with Gasteiger partial charge in [-0.25, -0.2) is 0 Å². The Balaban J connectivity index is 1.94. The van der Waals surface area contributed by atoms with Crippen LogP contribution in [0.5, 0.6) is 0 Å². The van der Waals surface area contributed by atoms with Crippen LogP contribution in [0.2, 0.25) is 5.02 Å². The van der Waals surface area contributed by atoms with Gasteiger partial charge in [-0.1, -0.05) is 11.6 Å². The van der Waals surface area contributed by atoms with Crippen LogP contribution in [-0.4, -0.2) is 43.0 Å². The Hall–Kier alpha value is -2.10. The van der Waals surface area contributed by atoms with Gasteiger partial charge in [0.05, 0.1) is 30.3 Å². The number of hydrogen-bond donors (Lipinski definition) is 1. The Labute approximate surface area is 146 Å². The summed E-state index contributed by atoms with van der Waals surface area (Å²) in [4.78, 5) is 26.0. The number of benzene rings is 1. The molecule has 1 heterocycles. The van der Waals surface area contributed by atoms with Crippen molar-refractivity contribution in [2.75, 3.05) is 31.6 Å². The fourth-order valence-corrected chi connectivity index (χ4v) is 2.93. The van der Waals surface area contributed by atoms with Gasteiger partial charge in [0.2, 0.25) is 5.91 Å². The molecule has 1 aromatic carbocycles. The number of anilines is 1. The van der Waals surface area contributed by atoms with Gasteiger partial charge >= 0.3 is 5.97 Å². The highest BCUT2D eigenvalue weighted by atomic mass is 35.5. The molecule has 0 bridgehead atoms. The van der Waals surface area contributed by atoms with E-state index in [1.54, 1.807) is 25.1 Å². The van der Waals surface area contributed by atoms with Gasteiger partial charge in [-0.15, -0.1) is 0 Å². The third-order valence-corrected chi connectivity index (χ3v) is 4.10. The van der Waals surface area contributed by atoms with Crippen LogP contribution < -0.4 is 5.32 Å². The summed E-state index contributed by atoms with van der Waals surface area (Å²) in [5.41, 5.74) is 0.754. The van der Waals surface area contributed by atoms with Crippen LogP contribution in [0.25, 0.3) is 0 Å². The molecule has 1 amide bonds. The highest BCUT2D eigenvalue weighted by Crippen LogP contribution is 2.21. The van der Waals surface area contributed by atoms with E-state index >= 15 is 0 Å². The lowest BCUT2D eigenvalue weighted by atomic mass is 9.98. The topological polar surface area (TPSA) is 82.4 Å². The number of esters is 1. The minimum atomic E-state index is -0.238. The molecule has 2 rings (SSSR count). The van der Waals surface area contributed by atoms with Crippen LogP contribution in [0, 0.1) is 17.2 Å². The number of nitriles is 1. The first kappa shape index (κ1) is 18.2. The van der Waals surface area contributed by atoms with Crippen molar-refractivity contribution in [2.45, 2.75) is 19.8 Å². The van der Waals surface area contributed by atoms with Crippen LogP contribution in [-0.2, 0) is 14.3 Å². The molecule has 0 spiro atoms. The molecule has 128 valence electrons. The quantitative estimate of drug-likeness (QED) is 0.825. The number of carbonyl (C=O) groups is 2. The lowest BCUT2D eigenvalue weighted by molar-refractivity contribution is -0.150. The number of likely N-dealkylation sites (tertiary alicyclic amines) is 1. The molecular weight excluding hydrogens is 330 g/mol. The number of halogens is 1. The van der Waals surface area contributed by atoms with Gasteiger partial charge in [0, 0.05) is 11.6 Å². The van der Waals surface area contributed by atoms with Crippen molar-refractivity contribution < 1.29 is 14.3 Å². The zero-order chi connectivity index (χ0) is 17.5. The highest BCUT2D eigenvalue weighted by molar-refractivity contribution is 6.31. The second-order valence-corrected chi connectivity index (χ2v) is 6.11. The van der Waals surface area contributed by atoms with Gasteiger partial charge in [-0.05, 0) is 44.5 Å². The molecule has 1 aliphatic rings.